The molecule has 4 nitrogen and oxygen atoms in total. The number of nitrogens with one attached hydrogen (secondary N) is 1. The number of benzene rings is 1. The van der Waals surface area contributed by atoms with E-state index in [1.807, 2.05) is 0 Å². The van der Waals surface area contributed by atoms with Crippen molar-refractivity contribution in [2.45, 2.75) is 26.2 Å². The highest BCUT2D eigenvalue weighted by Gasteiger charge is 2.13. The third-order valence-electron chi connectivity index (χ3n) is 3.44. The fourth-order valence-electron chi connectivity index (χ4n) is 2.40. The molecule has 0 unspecified atom stereocenters. The van der Waals surface area contributed by atoms with Gasteiger partial charge in [-0.1, -0.05) is 19.1 Å². The highest BCUT2D eigenvalue weighted by molar-refractivity contribution is 5.63. The van der Waals surface area contributed by atoms with Crippen molar-refractivity contribution in [2.75, 3.05) is 18.0 Å². The van der Waals surface area contributed by atoms with E-state index >= 15 is 0 Å². The SMILES string of the molecule is CCc1nc(-c2cccc(N3CCCC3)c2)n[nH]1. The third-order valence-corrected chi connectivity index (χ3v) is 3.44. The van der Waals surface area contributed by atoms with Gasteiger partial charge in [-0.3, -0.25) is 5.10 Å². The number of aromatic nitrogens is 3. The third kappa shape index (κ3) is 2.10. The van der Waals surface area contributed by atoms with E-state index in [2.05, 4.69) is 51.3 Å². The van der Waals surface area contributed by atoms with E-state index in [0.717, 1.165) is 36.7 Å². The fourth-order valence-corrected chi connectivity index (χ4v) is 2.40. The smallest absolute Gasteiger partial charge is 0.181 e. The topological polar surface area (TPSA) is 44.8 Å². The normalized spacial score (nSPS) is 15.3. The second-order valence-corrected chi connectivity index (χ2v) is 4.70. The molecule has 0 saturated carbocycles. The van der Waals surface area contributed by atoms with Crippen LogP contribution in [0, 0.1) is 0 Å². The summed E-state index contributed by atoms with van der Waals surface area (Å²) in [6, 6.07) is 8.52. The molecule has 1 aromatic carbocycles. The molecular formula is C14H18N4. The Hall–Kier alpha value is -1.84. The van der Waals surface area contributed by atoms with Gasteiger partial charge in [0, 0.05) is 30.8 Å². The lowest BCUT2D eigenvalue weighted by Gasteiger charge is -2.17. The maximum atomic E-state index is 4.48. The molecule has 1 saturated heterocycles. The number of H-pyrrole nitrogens is 1. The van der Waals surface area contributed by atoms with Crippen LogP contribution in [-0.2, 0) is 6.42 Å². The van der Waals surface area contributed by atoms with Gasteiger partial charge in [-0.25, -0.2) is 4.98 Å². The van der Waals surface area contributed by atoms with Crippen LogP contribution in [-0.4, -0.2) is 28.3 Å². The second kappa shape index (κ2) is 4.80. The number of nitrogens with zero attached hydrogens (tertiary/aromatic N) is 3. The number of anilines is 1. The van der Waals surface area contributed by atoms with Gasteiger partial charge in [0.05, 0.1) is 0 Å². The van der Waals surface area contributed by atoms with E-state index in [0.29, 0.717) is 0 Å². The number of hydrogen-bond donors (Lipinski definition) is 1. The van der Waals surface area contributed by atoms with Crippen molar-refractivity contribution in [1.29, 1.82) is 0 Å². The van der Waals surface area contributed by atoms with Crippen LogP contribution in [0.1, 0.15) is 25.6 Å². The summed E-state index contributed by atoms with van der Waals surface area (Å²) in [6.07, 6.45) is 3.48. The Morgan fingerprint density at radius 1 is 1.28 bits per heavy atom. The molecule has 1 N–H and O–H groups in total. The molecule has 0 spiro atoms. The van der Waals surface area contributed by atoms with Gasteiger partial charge in [0.25, 0.3) is 0 Å². The van der Waals surface area contributed by atoms with Crippen LogP contribution < -0.4 is 4.90 Å². The molecule has 0 bridgehead atoms. The zero-order valence-corrected chi connectivity index (χ0v) is 10.7. The van der Waals surface area contributed by atoms with Crippen molar-refractivity contribution in [3.05, 3.63) is 30.1 Å². The fraction of sp³-hybridized carbons (Fsp3) is 0.429. The molecular weight excluding hydrogens is 224 g/mol. The van der Waals surface area contributed by atoms with Crippen LogP contribution in [0.3, 0.4) is 0 Å². The van der Waals surface area contributed by atoms with Crippen LogP contribution >= 0.6 is 0 Å². The summed E-state index contributed by atoms with van der Waals surface area (Å²) in [7, 11) is 0. The van der Waals surface area contributed by atoms with Crippen molar-refractivity contribution >= 4 is 5.69 Å². The summed E-state index contributed by atoms with van der Waals surface area (Å²) in [4.78, 5) is 6.91. The van der Waals surface area contributed by atoms with Crippen LogP contribution in [0.2, 0.25) is 0 Å². The molecule has 0 amide bonds. The molecule has 2 aromatic rings. The predicted octanol–water partition coefficient (Wildman–Crippen LogP) is 2.63. The molecule has 0 radical (unpaired) electrons. The first-order valence-electron chi connectivity index (χ1n) is 6.63. The molecule has 94 valence electrons. The Morgan fingerprint density at radius 3 is 2.83 bits per heavy atom. The molecule has 1 aliphatic rings. The monoisotopic (exact) mass is 242 g/mol. The quantitative estimate of drug-likeness (QED) is 0.900. The lowest BCUT2D eigenvalue weighted by molar-refractivity contribution is 0.946. The highest BCUT2D eigenvalue weighted by atomic mass is 15.2. The molecule has 1 aromatic heterocycles. The Balaban J connectivity index is 1.90. The van der Waals surface area contributed by atoms with Gasteiger partial charge < -0.3 is 4.90 Å². The van der Waals surface area contributed by atoms with E-state index in [-0.39, 0.29) is 0 Å². The first-order chi connectivity index (χ1) is 8.86. The van der Waals surface area contributed by atoms with Crippen molar-refractivity contribution in [2.24, 2.45) is 0 Å². The van der Waals surface area contributed by atoms with Gasteiger partial charge in [-0.15, -0.1) is 0 Å². The van der Waals surface area contributed by atoms with Gasteiger partial charge in [-0.05, 0) is 25.0 Å². The lowest BCUT2D eigenvalue weighted by Crippen LogP contribution is -2.17. The van der Waals surface area contributed by atoms with Gasteiger partial charge in [0.2, 0.25) is 0 Å². The van der Waals surface area contributed by atoms with E-state index in [4.69, 9.17) is 0 Å². The second-order valence-electron chi connectivity index (χ2n) is 4.70. The number of aryl methyl sites for hydroxylation is 1. The van der Waals surface area contributed by atoms with Crippen LogP contribution in [0.25, 0.3) is 11.4 Å². The van der Waals surface area contributed by atoms with Crippen molar-refractivity contribution < 1.29 is 0 Å². The summed E-state index contributed by atoms with van der Waals surface area (Å²) in [5.74, 6) is 1.74. The lowest BCUT2D eigenvalue weighted by atomic mass is 10.2. The molecule has 0 atom stereocenters. The number of rotatable bonds is 3. The Kier molecular flexibility index (Phi) is 3.00. The average molecular weight is 242 g/mol. The molecule has 4 heteroatoms. The molecule has 18 heavy (non-hydrogen) atoms. The Labute approximate surface area is 107 Å². The molecule has 3 rings (SSSR count). The zero-order chi connectivity index (χ0) is 12.4. The summed E-state index contributed by atoms with van der Waals surface area (Å²) >= 11 is 0. The minimum atomic E-state index is 0.799. The number of hydrogen-bond acceptors (Lipinski definition) is 3. The Morgan fingerprint density at radius 2 is 2.11 bits per heavy atom. The summed E-state index contributed by atoms with van der Waals surface area (Å²) < 4.78 is 0. The van der Waals surface area contributed by atoms with Crippen LogP contribution in [0.4, 0.5) is 5.69 Å². The first-order valence-corrected chi connectivity index (χ1v) is 6.63. The minimum absolute atomic E-state index is 0.799. The van der Waals surface area contributed by atoms with Crippen molar-refractivity contribution in [1.82, 2.24) is 15.2 Å². The Bertz CT molecular complexity index is 526. The maximum absolute atomic E-state index is 4.48. The van der Waals surface area contributed by atoms with E-state index in [9.17, 15) is 0 Å². The van der Waals surface area contributed by atoms with Crippen LogP contribution in [0.5, 0.6) is 0 Å². The van der Waals surface area contributed by atoms with E-state index < -0.39 is 0 Å². The first kappa shape index (κ1) is 11.3. The van der Waals surface area contributed by atoms with Gasteiger partial charge in [-0.2, -0.15) is 5.10 Å². The van der Waals surface area contributed by atoms with Crippen molar-refractivity contribution in [3.63, 3.8) is 0 Å². The summed E-state index contributed by atoms with van der Waals surface area (Å²) in [6.45, 7) is 4.40. The molecule has 1 fully saturated rings. The van der Waals surface area contributed by atoms with Gasteiger partial charge >= 0.3 is 0 Å². The highest BCUT2D eigenvalue weighted by Crippen LogP contribution is 2.25. The average Bonchev–Trinajstić information content (AvgIpc) is 3.10. The summed E-state index contributed by atoms with van der Waals surface area (Å²) in [5.41, 5.74) is 2.38. The van der Waals surface area contributed by atoms with E-state index in [1.54, 1.807) is 0 Å². The summed E-state index contributed by atoms with van der Waals surface area (Å²) in [5, 5.41) is 7.24. The predicted molar refractivity (Wildman–Crippen MR) is 72.6 cm³/mol. The largest absolute Gasteiger partial charge is 0.372 e. The minimum Gasteiger partial charge on any atom is -0.372 e. The number of aromatic amines is 1. The van der Waals surface area contributed by atoms with Gasteiger partial charge in [0.15, 0.2) is 5.82 Å². The molecule has 0 aliphatic carbocycles. The van der Waals surface area contributed by atoms with Crippen LogP contribution in [0.15, 0.2) is 24.3 Å². The zero-order valence-electron chi connectivity index (χ0n) is 10.7. The molecule has 2 heterocycles. The maximum Gasteiger partial charge on any atom is 0.181 e. The molecule has 1 aliphatic heterocycles. The van der Waals surface area contributed by atoms with E-state index in [1.165, 1.54) is 18.5 Å². The van der Waals surface area contributed by atoms with Crippen molar-refractivity contribution in [3.8, 4) is 11.4 Å². The standard InChI is InChI=1S/C14H18N4/c1-2-13-15-14(17-16-13)11-6-5-7-12(10-11)18-8-3-4-9-18/h5-7,10H,2-4,8-9H2,1H3,(H,15,16,17). The van der Waals surface area contributed by atoms with Gasteiger partial charge in [0.1, 0.15) is 5.82 Å².